The van der Waals surface area contributed by atoms with Crippen LogP contribution in [0.4, 0.5) is 4.39 Å². The molecular weight excluding hydrogens is 333 g/mol. The number of hydrogen-bond acceptors (Lipinski definition) is 2. The summed E-state index contributed by atoms with van der Waals surface area (Å²) in [5, 5.41) is 0.221. The van der Waals surface area contributed by atoms with Crippen molar-refractivity contribution in [1.29, 1.82) is 0 Å². The quantitative estimate of drug-likeness (QED) is 0.845. The van der Waals surface area contributed by atoms with Crippen molar-refractivity contribution in [3.05, 3.63) is 57.3 Å². The molecule has 2 aromatic rings. The van der Waals surface area contributed by atoms with Gasteiger partial charge in [-0.25, -0.2) is 4.39 Å². The Morgan fingerprint density at radius 1 is 1.21 bits per heavy atom. The van der Waals surface area contributed by atoms with Crippen LogP contribution in [-0.2, 0) is 0 Å². The lowest BCUT2D eigenvalue weighted by Crippen LogP contribution is -2.06. The molecule has 2 nitrogen and oxygen atoms in total. The lowest BCUT2D eigenvalue weighted by molar-refractivity contribution is 0.470. The topological polar surface area (TPSA) is 35.2 Å². The molecule has 0 bridgehead atoms. The highest BCUT2D eigenvalue weighted by Gasteiger charge is 2.11. The molecule has 2 aromatic carbocycles. The zero-order valence-corrected chi connectivity index (χ0v) is 12.5. The van der Waals surface area contributed by atoms with Crippen LogP contribution in [0, 0.1) is 5.82 Å². The molecule has 0 aromatic heterocycles. The summed E-state index contributed by atoms with van der Waals surface area (Å²) < 4.78 is 19.6. The van der Waals surface area contributed by atoms with Gasteiger partial charge in [-0.3, -0.25) is 0 Å². The number of hydrogen-bond donors (Lipinski definition) is 1. The van der Waals surface area contributed by atoms with E-state index < -0.39 is 5.82 Å². The molecule has 1 atom stereocenters. The summed E-state index contributed by atoms with van der Waals surface area (Å²) in [5.41, 5.74) is 6.75. The Labute approximate surface area is 124 Å². The van der Waals surface area contributed by atoms with Gasteiger partial charge in [0.25, 0.3) is 0 Å². The fourth-order valence-corrected chi connectivity index (χ4v) is 2.23. The summed E-state index contributed by atoms with van der Waals surface area (Å²) >= 11 is 9.32. The Hall–Kier alpha value is -1.10. The summed E-state index contributed by atoms with van der Waals surface area (Å²) in [4.78, 5) is 0. The van der Waals surface area contributed by atoms with Gasteiger partial charge in [0.05, 0.1) is 5.02 Å². The molecule has 19 heavy (non-hydrogen) atoms. The van der Waals surface area contributed by atoms with E-state index in [1.54, 1.807) is 6.07 Å². The maximum absolute atomic E-state index is 13.0. The molecule has 100 valence electrons. The molecule has 0 saturated heterocycles. The smallest absolute Gasteiger partial charge is 0.146 e. The first kappa shape index (κ1) is 14.3. The highest BCUT2D eigenvalue weighted by molar-refractivity contribution is 9.10. The van der Waals surface area contributed by atoms with E-state index in [1.165, 1.54) is 18.2 Å². The van der Waals surface area contributed by atoms with Gasteiger partial charge < -0.3 is 10.5 Å². The molecular formula is C14H12BrClFNO. The van der Waals surface area contributed by atoms with E-state index in [2.05, 4.69) is 15.9 Å². The molecule has 0 aliphatic carbocycles. The van der Waals surface area contributed by atoms with Crippen LogP contribution in [0.5, 0.6) is 11.5 Å². The van der Waals surface area contributed by atoms with Crippen molar-refractivity contribution >= 4 is 27.5 Å². The van der Waals surface area contributed by atoms with Crippen LogP contribution in [0.2, 0.25) is 5.02 Å². The number of nitrogens with two attached hydrogens (primary N) is 1. The van der Waals surface area contributed by atoms with E-state index in [-0.39, 0.29) is 11.1 Å². The van der Waals surface area contributed by atoms with Crippen molar-refractivity contribution in [2.75, 3.05) is 0 Å². The van der Waals surface area contributed by atoms with E-state index in [1.807, 2.05) is 19.1 Å². The summed E-state index contributed by atoms with van der Waals surface area (Å²) in [7, 11) is 0. The molecule has 1 unspecified atom stereocenters. The summed E-state index contributed by atoms with van der Waals surface area (Å²) in [6, 6.07) is 9.34. The third kappa shape index (κ3) is 3.47. The monoisotopic (exact) mass is 343 g/mol. The summed E-state index contributed by atoms with van der Waals surface area (Å²) in [5.74, 6) is 0.597. The predicted molar refractivity (Wildman–Crippen MR) is 78.2 cm³/mol. The Balaban J connectivity index is 2.38. The highest BCUT2D eigenvalue weighted by Crippen LogP contribution is 2.34. The van der Waals surface area contributed by atoms with E-state index >= 15 is 0 Å². The molecule has 2 N–H and O–H groups in total. The van der Waals surface area contributed by atoms with Gasteiger partial charge in [0.2, 0.25) is 0 Å². The zero-order chi connectivity index (χ0) is 14.0. The zero-order valence-electron chi connectivity index (χ0n) is 10.2. The first-order valence-corrected chi connectivity index (χ1v) is 6.82. The first-order valence-electron chi connectivity index (χ1n) is 5.65. The number of rotatable bonds is 3. The minimum atomic E-state index is -0.402. The Bertz CT molecular complexity index is 604. The van der Waals surface area contributed by atoms with Crippen LogP contribution in [0.15, 0.2) is 40.9 Å². The van der Waals surface area contributed by atoms with Crippen molar-refractivity contribution in [3.63, 3.8) is 0 Å². The minimum Gasteiger partial charge on any atom is -0.455 e. The van der Waals surface area contributed by atoms with Gasteiger partial charge in [-0.05, 0) is 43.3 Å². The van der Waals surface area contributed by atoms with E-state index in [9.17, 15) is 4.39 Å². The van der Waals surface area contributed by atoms with Gasteiger partial charge >= 0.3 is 0 Å². The molecule has 0 fully saturated rings. The van der Waals surface area contributed by atoms with Crippen LogP contribution in [0.25, 0.3) is 0 Å². The van der Waals surface area contributed by atoms with Crippen molar-refractivity contribution < 1.29 is 9.13 Å². The molecule has 0 aliphatic heterocycles. The Morgan fingerprint density at radius 2 is 1.89 bits per heavy atom. The second-order valence-corrected chi connectivity index (χ2v) is 5.47. The van der Waals surface area contributed by atoms with Crippen molar-refractivity contribution in [1.82, 2.24) is 0 Å². The second kappa shape index (κ2) is 5.90. The summed E-state index contributed by atoms with van der Waals surface area (Å²) in [6.45, 7) is 1.86. The Morgan fingerprint density at radius 3 is 2.53 bits per heavy atom. The maximum Gasteiger partial charge on any atom is 0.146 e. The van der Waals surface area contributed by atoms with Crippen LogP contribution in [0.1, 0.15) is 18.5 Å². The largest absolute Gasteiger partial charge is 0.455 e. The molecule has 0 radical (unpaired) electrons. The van der Waals surface area contributed by atoms with Crippen LogP contribution in [-0.4, -0.2) is 0 Å². The van der Waals surface area contributed by atoms with Crippen LogP contribution < -0.4 is 10.5 Å². The van der Waals surface area contributed by atoms with Crippen molar-refractivity contribution in [3.8, 4) is 11.5 Å². The van der Waals surface area contributed by atoms with Crippen molar-refractivity contribution in [2.45, 2.75) is 13.0 Å². The van der Waals surface area contributed by atoms with Crippen LogP contribution >= 0.6 is 27.5 Å². The second-order valence-electron chi connectivity index (χ2n) is 4.15. The highest BCUT2D eigenvalue weighted by atomic mass is 79.9. The van der Waals surface area contributed by atoms with E-state index in [0.717, 1.165) is 10.0 Å². The lowest BCUT2D eigenvalue weighted by Gasteiger charge is -2.15. The fourth-order valence-electron chi connectivity index (χ4n) is 1.64. The molecule has 0 spiro atoms. The molecule has 0 aliphatic rings. The molecule has 5 heteroatoms. The third-order valence-electron chi connectivity index (χ3n) is 2.58. The van der Waals surface area contributed by atoms with Crippen LogP contribution in [0.3, 0.4) is 0 Å². The van der Waals surface area contributed by atoms with Gasteiger partial charge in [0, 0.05) is 16.1 Å². The average molecular weight is 345 g/mol. The van der Waals surface area contributed by atoms with Gasteiger partial charge in [-0.2, -0.15) is 0 Å². The number of ether oxygens (including phenoxy) is 1. The summed E-state index contributed by atoms with van der Waals surface area (Å²) in [6.07, 6.45) is 0. The molecule has 2 rings (SSSR count). The van der Waals surface area contributed by atoms with E-state index in [0.29, 0.717) is 11.5 Å². The average Bonchev–Trinajstić information content (AvgIpc) is 2.34. The van der Waals surface area contributed by atoms with E-state index in [4.69, 9.17) is 22.1 Å². The maximum atomic E-state index is 13.0. The SMILES string of the molecule is CC(N)c1cc(Br)ccc1Oc1ccc(F)cc1Cl. The standard InChI is InChI=1S/C14H12BrClFNO/c1-8(18)11-6-9(15)2-4-13(11)19-14-5-3-10(17)7-12(14)16/h2-8H,18H2,1H3. The van der Waals surface area contributed by atoms with Gasteiger partial charge in [-0.1, -0.05) is 27.5 Å². The first-order chi connectivity index (χ1) is 8.97. The van der Waals surface area contributed by atoms with Gasteiger partial charge in [-0.15, -0.1) is 0 Å². The lowest BCUT2D eigenvalue weighted by atomic mass is 10.1. The molecule has 0 amide bonds. The Kier molecular flexibility index (Phi) is 4.45. The van der Waals surface area contributed by atoms with Gasteiger partial charge in [0.15, 0.2) is 0 Å². The molecule has 0 saturated carbocycles. The van der Waals surface area contributed by atoms with Crippen molar-refractivity contribution in [2.24, 2.45) is 5.73 Å². The predicted octanol–water partition coefficient (Wildman–Crippen LogP) is 5.05. The normalized spacial score (nSPS) is 12.3. The number of benzene rings is 2. The number of halogens is 3. The molecule has 0 heterocycles. The minimum absolute atomic E-state index is 0.188. The third-order valence-corrected chi connectivity index (χ3v) is 3.36. The fraction of sp³-hybridized carbons (Fsp3) is 0.143. The van der Waals surface area contributed by atoms with Gasteiger partial charge in [0.1, 0.15) is 17.3 Å².